The number of allylic oxidation sites excluding steroid dienone is 4. The summed E-state index contributed by atoms with van der Waals surface area (Å²) in [6, 6.07) is 39.0. The van der Waals surface area contributed by atoms with E-state index in [4.69, 9.17) is 0 Å². The second kappa shape index (κ2) is 11.7. The first kappa shape index (κ1) is 29.8. The molecule has 0 aliphatic heterocycles. The Hall–Kier alpha value is -3.18. The molecule has 0 unspecified atom stereocenters. The van der Waals surface area contributed by atoms with Crippen molar-refractivity contribution >= 4 is 35.5 Å². The molecule has 0 N–H and O–H groups in total. The third kappa shape index (κ3) is 5.95. The summed E-state index contributed by atoms with van der Waals surface area (Å²) in [5.74, 6) is 0. The van der Waals surface area contributed by atoms with E-state index in [0.29, 0.717) is 0 Å². The molecule has 0 radical (unpaired) electrons. The van der Waals surface area contributed by atoms with Gasteiger partial charge in [0.15, 0.2) is 14.3 Å². The Morgan fingerprint density at radius 3 is 0.800 bits per heavy atom. The van der Waals surface area contributed by atoms with Crippen LogP contribution >= 0.6 is 14.3 Å². The van der Waals surface area contributed by atoms with Crippen LogP contribution < -0.4 is 21.2 Å². The summed E-state index contributed by atoms with van der Waals surface area (Å²) in [7, 11) is -6.47. The summed E-state index contributed by atoms with van der Waals surface area (Å²) >= 11 is 0. The van der Waals surface area contributed by atoms with Gasteiger partial charge in [0.2, 0.25) is 0 Å². The van der Waals surface area contributed by atoms with Gasteiger partial charge in [0, 0.05) is 31.8 Å². The van der Waals surface area contributed by atoms with Crippen LogP contribution in [0, 0.1) is 10.8 Å². The van der Waals surface area contributed by atoms with Crippen LogP contribution in [0.5, 0.6) is 0 Å². The van der Waals surface area contributed by atoms with Crippen molar-refractivity contribution in [1.29, 1.82) is 0 Å². The van der Waals surface area contributed by atoms with Crippen molar-refractivity contribution in [2.45, 2.75) is 41.5 Å². The summed E-state index contributed by atoms with van der Waals surface area (Å²) in [6.45, 7) is 12.6. The maximum Gasteiger partial charge on any atom is 0.167 e. The van der Waals surface area contributed by atoms with Gasteiger partial charge < -0.3 is 9.13 Å². The summed E-state index contributed by atoms with van der Waals surface area (Å²) < 4.78 is 30.9. The minimum Gasteiger partial charge on any atom is -0.309 e. The minimum atomic E-state index is -3.23. The lowest BCUT2D eigenvalue weighted by Crippen LogP contribution is -2.24. The predicted octanol–water partition coefficient (Wildman–Crippen LogP) is 8.87. The van der Waals surface area contributed by atoms with Gasteiger partial charge in [-0.15, -0.1) is 0 Å². The van der Waals surface area contributed by atoms with Crippen LogP contribution in [0.2, 0.25) is 0 Å². The Labute approximate surface area is 240 Å². The van der Waals surface area contributed by atoms with Gasteiger partial charge in [-0.05, 0) is 10.8 Å². The Kier molecular flexibility index (Phi) is 8.75. The monoisotopic (exact) mass is 566 g/mol. The van der Waals surface area contributed by atoms with Gasteiger partial charge in [-0.1, -0.05) is 175 Å². The first-order valence-corrected chi connectivity index (χ1v) is 17.2. The van der Waals surface area contributed by atoms with Crippen LogP contribution in [-0.2, 0) is 9.13 Å². The number of rotatable bonds is 7. The molecule has 0 aromatic heterocycles. The van der Waals surface area contributed by atoms with Gasteiger partial charge >= 0.3 is 0 Å². The molecular weight excluding hydrogens is 526 g/mol. The van der Waals surface area contributed by atoms with Crippen molar-refractivity contribution in [3.05, 3.63) is 144 Å². The molecule has 4 aromatic rings. The first-order valence-electron chi connectivity index (χ1n) is 13.8. The SMILES string of the molecule is CC(C)(C)/C(=C\C=C(/C(C)(C)C)P(=O)(c1ccccc1)c1ccccc1)P(=O)(c1ccccc1)c1ccccc1. The van der Waals surface area contributed by atoms with Gasteiger partial charge in [-0.25, -0.2) is 0 Å². The molecule has 4 heteroatoms. The Morgan fingerprint density at radius 1 is 0.425 bits per heavy atom. The van der Waals surface area contributed by atoms with Crippen LogP contribution in [0.3, 0.4) is 0 Å². The molecule has 0 aliphatic rings. The quantitative estimate of drug-likeness (QED) is 0.165. The van der Waals surface area contributed by atoms with Crippen LogP contribution in [0.25, 0.3) is 0 Å². The van der Waals surface area contributed by atoms with Gasteiger partial charge in [0.25, 0.3) is 0 Å². The van der Waals surface area contributed by atoms with Crippen molar-refractivity contribution in [3.8, 4) is 0 Å². The molecule has 0 aliphatic carbocycles. The molecule has 4 aromatic carbocycles. The standard InChI is InChI=1S/C36H40O2P2/c1-35(2,3)33(39(37,29-19-11-7-12-20-29)30-21-13-8-14-22-30)27-28-34(36(4,5)6)40(38,31-23-15-9-16-24-31)32-25-17-10-18-26-32/h7-28H,1-6H3/b33-27+,34-28+. The third-order valence-electron chi connectivity index (χ3n) is 7.09. The largest absolute Gasteiger partial charge is 0.309 e. The summed E-state index contributed by atoms with van der Waals surface area (Å²) in [6.07, 6.45) is 4.03. The van der Waals surface area contributed by atoms with E-state index in [-0.39, 0.29) is 0 Å². The van der Waals surface area contributed by atoms with Gasteiger partial charge in [0.05, 0.1) is 0 Å². The molecule has 0 saturated carbocycles. The Bertz CT molecular complexity index is 1360. The van der Waals surface area contributed by atoms with Crippen molar-refractivity contribution in [2.75, 3.05) is 0 Å². The maximum atomic E-state index is 15.4. The number of hydrogen-bond donors (Lipinski definition) is 0. The fourth-order valence-corrected chi connectivity index (χ4v) is 11.8. The Morgan fingerprint density at radius 2 is 0.625 bits per heavy atom. The Balaban J connectivity index is 2.08. The molecule has 0 fully saturated rings. The van der Waals surface area contributed by atoms with E-state index >= 15 is 9.13 Å². The van der Waals surface area contributed by atoms with Gasteiger partial charge in [-0.2, -0.15) is 0 Å². The molecule has 40 heavy (non-hydrogen) atoms. The highest BCUT2D eigenvalue weighted by molar-refractivity contribution is 7.83. The zero-order valence-electron chi connectivity index (χ0n) is 24.4. The van der Waals surface area contributed by atoms with Crippen LogP contribution in [-0.4, -0.2) is 0 Å². The highest BCUT2D eigenvalue weighted by atomic mass is 31.2. The lowest BCUT2D eigenvalue weighted by atomic mass is 9.93. The van der Waals surface area contributed by atoms with Crippen LogP contribution in [0.1, 0.15) is 41.5 Å². The normalized spacial score (nSPS) is 13.8. The summed E-state index contributed by atoms with van der Waals surface area (Å²) in [5, 5.41) is 4.83. The van der Waals surface area contributed by atoms with E-state index in [1.54, 1.807) is 0 Å². The van der Waals surface area contributed by atoms with E-state index in [1.807, 2.05) is 133 Å². The molecule has 0 saturated heterocycles. The van der Waals surface area contributed by atoms with Crippen LogP contribution in [0.4, 0.5) is 0 Å². The van der Waals surface area contributed by atoms with E-state index in [2.05, 4.69) is 41.5 Å². The highest BCUT2D eigenvalue weighted by Gasteiger charge is 2.40. The molecule has 4 rings (SSSR count). The van der Waals surface area contributed by atoms with Crippen molar-refractivity contribution in [1.82, 2.24) is 0 Å². The number of benzene rings is 4. The average Bonchev–Trinajstić information content (AvgIpc) is 2.95. The second-order valence-corrected chi connectivity index (χ2v) is 17.6. The smallest absolute Gasteiger partial charge is 0.167 e. The zero-order valence-corrected chi connectivity index (χ0v) is 26.2. The van der Waals surface area contributed by atoms with E-state index in [9.17, 15) is 0 Å². The topological polar surface area (TPSA) is 34.1 Å². The maximum absolute atomic E-state index is 15.4. The average molecular weight is 567 g/mol. The van der Waals surface area contributed by atoms with Gasteiger partial charge in [-0.3, -0.25) is 0 Å². The summed E-state index contributed by atoms with van der Waals surface area (Å²) in [4.78, 5) is 0. The second-order valence-electron chi connectivity index (χ2n) is 12.2. The molecule has 206 valence electrons. The zero-order chi connectivity index (χ0) is 29.0. The van der Waals surface area contributed by atoms with Crippen molar-refractivity contribution < 1.29 is 9.13 Å². The molecule has 0 spiro atoms. The van der Waals surface area contributed by atoms with E-state index in [0.717, 1.165) is 31.8 Å². The highest BCUT2D eigenvalue weighted by Crippen LogP contribution is 2.61. The number of hydrogen-bond acceptors (Lipinski definition) is 2. The summed E-state index contributed by atoms with van der Waals surface area (Å²) in [5.41, 5.74) is -0.853. The molecule has 0 heterocycles. The molecule has 0 bridgehead atoms. The van der Waals surface area contributed by atoms with E-state index < -0.39 is 25.1 Å². The van der Waals surface area contributed by atoms with Crippen molar-refractivity contribution in [2.24, 2.45) is 10.8 Å². The lowest BCUT2D eigenvalue weighted by Gasteiger charge is -2.33. The fourth-order valence-electron chi connectivity index (χ4n) is 5.22. The molecular formula is C36H40O2P2. The molecule has 2 nitrogen and oxygen atoms in total. The predicted molar refractivity (Wildman–Crippen MR) is 175 cm³/mol. The minimum absolute atomic E-state index is 0.426. The molecule has 0 amide bonds. The van der Waals surface area contributed by atoms with Crippen molar-refractivity contribution in [3.63, 3.8) is 0 Å². The fraction of sp³-hybridized carbons (Fsp3) is 0.222. The van der Waals surface area contributed by atoms with E-state index in [1.165, 1.54) is 0 Å². The van der Waals surface area contributed by atoms with Gasteiger partial charge in [0.1, 0.15) is 0 Å². The molecule has 0 atom stereocenters. The lowest BCUT2D eigenvalue weighted by molar-refractivity contribution is 0.512. The first-order chi connectivity index (χ1) is 18.9. The van der Waals surface area contributed by atoms with Crippen LogP contribution in [0.15, 0.2) is 144 Å². The third-order valence-corrected chi connectivity index (χ3v) is 14.2.